The van der Waals surface area contributed by atoms with Crippen LogP contribution >= 0.6 is 12.4 Å². The Labute approximate surface area is 137 Å². The number of hydrogen-bond donors (Lipinski definition) is 3. The SMILES string of the molecule is CCC(=O)Nc1ccc(C)c(NC(=O)[C@@H]2CCCNC2)c1.Cl. The molecule has 3 N–H and O–H groups in total. The third-order valence-electron chi connectivity index (χ3n) is 3.77. The Morgan fingerprint density at radius 2 is 2.09 bits per heavy atom. The van der Waals surface area contributed by atoms with E-state index in [9.17, 15) is 9.59 Å². The van der Waals surface area contributed by atoms with Crippen molar-refractivity contribution in [3.8, 4) is 0 Å². The molecule has 122 valence electrons. The Morgan fingerprint density at radius 3 is 2.73 bits per heavy atom. The summed E-state index contributed by atoms with van der Waals surface area (Å²) in [5, 5.41) is 9.03. The van der Waals surface area contributed by atoms with Crippen LogP contribution in [0.2, 0.25) is 0 Å². The van der Waals surface area contributed by atoms with E-state index >= 15 is 0 Å². The molecule has 2 amide bonds. The predicted molar refractivity (Wildman–Crippen MR) is 91.6 cm³/mol. The van der Waals surface area contributed by atoms with Crippen molar-refractivity contribution in [2.75, 3.05) is 23.7 Å². The normalized spacial score (nSPS) is 17.3. The van der Waals surface area contributed by atoms with Crippen LogP contribution in [-0.2, 0) is 9.59 Å². The number of aryl methyl sites for hydroxylation is 1. The second-order valence-corrected chi connectivity index (χ2v) is 5.46. The second-order valence-electron chi connectivity index (χ2n) is 5.46. The van der Waals surface area contributed by atoms with Crippen LogP contribution in [0, 0.1) is 12.8 Å². The summed E-state index contributed by atoms with van der Waals surface area (Å²) in [5.41, 5.74) is 2.46. The first-order chi connectivity index (χ1) is 10.1. The number of anilines is 2. The fourth-order valence-electron chi connectivity index (χ4n) is 2.39. The standard InChI is InChI=1S/C16H23N3O2.ClH/c1-3-15(20)18-13-7-6-11(2)14(9-13)19-16(21)12-5-4-8-17-10-12;/h6-7,9,12,17H,3-5,8,10H2,1-2H3,(H,18,20)(H,19,21);1H/t12-;/m1./s1. The largest absolute Gasteiger partial charge is 0.326 e. The lowest BCUT2D eigenvalue weighted by atomic mass is 9.98. The predicted octanol–water partition coefficient (Wildman–Crippen LogP) is 2.70. The van der Waals surface area contributed by atoms with Gasteiger partial charge in [0.25, 0.3) is 0 Å². The Bertz CT molecular complexity index is 528. The van der Waals surface area contributed by atoms with Gasteiger partial charge in [0.15, 0.2) is 0 Å². The quantitative estimate of drug-likeness (QED) is 0.797. The van der Waals surface area contributed by atoms with Crippen LogP contribution in [0.1, 0.15) is 31.7 Å². The van der Waals surface area contributed by atoms with Crippen molar-refractivity contribution in [3.05, 3.63) is 23.8 Å². The zero-order valence-corrected chi connectivity index (χ0v) is 13.9. The van der Waals surface area contributed by atoms with Crippen molar-refractivity contribution in [2.24, 2.45) is 5.92 Å². The summed E-state index contributed by atoms with van der Waals surface area (Å²) >= 11 is 0. The monoisotopic (exact) mass is 325 g/mol. The van der Waals surface area contributed by atoms with E-state index in [1.165, 1.54) is 0 Å². The van der Waals surface area contributed by atoms with E-state index in [-0.39, 0.29) is 30.1 Å². The highest BCUT2D eigenvalue weighted by Gasteiger charge is 2.21. The third-order valence-corrected chi connectivity index (χ3v) is 3.77. The van der Waals surface area contributed by atoms with E-state index in [4.69, 9.17) is 0 Å². The maximum Gasteiger partial charge on any atom is 0.228 e. The third kappa shape index (κ3) is 5.00. The van der Waals surface area contributed by atoms with Crippen molar-refractivity contribution >= 4 is 35.6 Å². The summed E-state index contributed by atoms with van der Waals surface area (Å²) < 4.78 is 0. The van der Waals surface area contributed by atoms with Crippen molar-refractivity contribution in [2.45, 2.75) is 33.1 Å². The molecular weight excluding hydrogens is 302 g/mol. The lowest BCUT2D eigenvalue weighted by Gasteiger charge is -2.22. The molecule has 0 saturated carbocycles. The highest BCUT2D eigenvalue weighted by molar-refractivity contribution is 5.95. The fraction of sp³-hybridized carbons (Fsp3) is 0.500. The van der Waals surface area contributed by atoms with Crippen LogP contribution in [-0.4, -0.2) is 24.9 Å². The molecule has 0 bridgehead atoms. The topological polar surface area (TPSA) is 70.2 Å². The van der Waals surface area contributed by atoms with Crippen LogP contribution < -0.4 is 16.0 Å². The Kier molecular flexibility index (Phi) is 7.35. The van der Waals surface area contributed by atoms with Gasteiger partial charge >= 0.3 is 0 Å². The summed E-state index contributed by atoms with van der Waals surface area (Å²) in [5.74, 6) is 0.0314. The molecule has 1 aromatic carbocycles. The average Bonchev–Trinajstić information content (AvgIpc) is 2.51. The van der Waals surface area contributed by atoms with Gasteiger partial charge in [0, 0.05) is 24.3 Å². The van der Waals surface area contributed by atoms with Gasteiger partial charge in [-0.2, -0.15) is 0 Å². The number of hydrogen-bond acceptors (Lipinski definition) is 3. The molecule has 0 unspecified atom stereocenters. The molecule has 2 rings (SSSR count). The number of amides is 2. The van der Waals surface area contributed by atoms with Crippen LogP contribution in [0.5, 0.6) is 0 Å². The molecular formula is C16H24ClN3O2. The van der Waals surface area contributed by atoms with Gasteiger partial charge in [-0.3, -0.25) is 9.59 Å². The molecule has 1 fully saturated rings. The molecule has 0 aromatic heterocycles. The van der Waals surface area contributed by atoms with Crippen LogP contribution in [0.15, 0.2) is 18.2 Å². The number of piperidine rings is 1. The van der Waals surface area contributed by atoms with Crippen LogP contribution in [0.4, 0.5) is 11.4 Å². The van der Waals surface area contributed by atoms with Gasteiger partial charge in [0.1, 0.15) is 0 Å². The molecule has 1 saturated heterocycles. The van der Waals surface area contributed by atoms with E-state index in [0.29, 0.717) is 12.1 Å². The smallest absolute Gasteiger partial charge is 0.228 e. The van der Waals surface area contributed by atoms with Gasteiger partial charge in [-0.15, -0.1) is 12.4 Å². The maximum atomic E-state index is 12.3. The number of nitrogens with one attached hydrogen (secondary N) is 3. The van der Waals surface area contributed by atoms with Gasteiger partial charge in [-0.25, -0.2) is 0 Å². The highest BCUT2D eigenvalue weighted by Crippen LogP contribution is 2.22. The molecule has 1 heterocycles. The zero-order chi connectivity index (χ0) is 15.2. The lowest BCUT2D eigenvalue weighted by Crippen LogP contribution is -2.37. The zero-order valence-electron chi connectivity index (χ0n) is 13.1. The molecule has 1 atom stereocenters. The number of halogens is 1. The number of carbonyl (C=O) groups is 2. The minimum atomic E-state index is -0.0346. The van der Waals surface area contributed by atoms with Crippen LogP contribution in [0.25, 0.3) is 0 Å². The summed E-state index contributed by atoms with van der Waals surface area (Å²) in [4.78, 5) is 23.7. The van der Waals surface area contributed by atoms with Crippen molar-refractivity contribution in [3.63, 3.8) is 0 Å². The van der Waals surface area contributed by atoms with Gasteiger partial charge < -0.3 is 16.0 Å². The maximum absolute atomic E-state index is 12.3. The number of benzene rings is 1. The van der Waals surface area contributed by atoms with E-state index in [2.05, 4.69) is 16.0 Å². The molecule has 0 aliphatic carbocycles. The van der Waals surface area contributed by atoms with E-state index in [0.717, 1.165) is 37.2 Å². The first-order valence-electron chi connectivity index (χ1n) is 7.52. The molecule has 0 spiro atoms. The minimum absolute atomic E-state index is 0. The molecule has 5 nitrogen and oxygen atoms in total. The van der Waals surface area contributed by atoms with Crippen LogP contribution in [0.3, 0.4) is 0 Å². The summed E-state index contributed by atoms with van der Waals surface area (Å²) in [7, 11) is 0. The highest BCUT2D eigenvalue weighted by atomic mass is 35.5. The van der Waals surface area contributed by atoms with Crippen molar-refractivity contribution < 1.29 is 9.59 Å². The molecule has 1 aliphatic heterocycles. The van der Waals surface area contributed by atoms with Gasteiger partial charge in [0.05, 0.1) is 5.92 Å². The van der Waals surface area contributed by atoms with Crippen molar-refractivity contribution in [1.82, 2.24) is 5.32 Å². The average molecular weight is 326 g/mol. The van der Waals surface area contributed by atoms with Gasteiger partial charge in [-0.05, 0) is 44.0 Å². The number of carbonyl (C=O) groups excluding carboxylic acids is 2. The first-order valence-corrected chi connectivity index (χ1v) is 7.52. The molecule has 6 heteroatoms. The molecule has 22 heavy (non-hydrogen) atoms. The lowest BCUT2D eigenvalue weighted by molar-refractivity contribution is -0.120. The molecule has 1 aromatic rings. The Hall–Kier alpha value is -1.59. The Morgan fingerprint density at radius 1 is 1.32 bits per heavy atom. The summed E-state index contributed by atoms with van der Waals surface area (Å²) in [6.07, 6.45) is 2.39. The fourth-order valence-corrected chi connectivity index (χ4v) is 2.39. The van der Waals surface area contributed by atoms with Gasteiger partial charge in [-0.1, -0.05) is 13.0 Å². The minimum Gasteiger partial charge on any atom is -0.326 e. The summed E-state index contributed by atoms with van der Waals surface area (Å²) in [6.45, 7) is 5.47. The van der Waals surface area contributed by atoms with E-state index in [1.807, 2.05) is 32.0 Å². The second kappa shape index (κ2) is 8.76. The van der Waals surface area contributed by atoms with E-state index < -0.39 is 0 Å². The Balaban J connectivity index is 0.00000242. The number of rotatable bonds is 4. The van der Waals surface area contributed by atoms with Gasteiger partial charge in [0.2, 0.25) is 11.8 Å². The molecule has 0 radical (unpaired) electrons. The van der Waals surface area contributed by atoms with E-state index in [1.54, 1.807) is 0 Å². The summed E-state index contributed by atoms with van der Waals surface area (Å²) in [6, 6.07) is 5.57. The van der Waals surface area contributed by atoms with Crippen molar-refractivity contribution in [1.29, 1.82) is 0 Å². The molecule has 1 aliphatic rings. The first kappa shape index (κ1) is 18.5.